The molecule has 6 heteroatoms. The number of rotatable bonds is 12. The van der Waals surface area contributed by atoms with Gasteiger partial charge in [0, 0.05) is 19.0 Å². The Morgan fingerprint density at radius 2 is 1.56 bits per heavy atom. The van der Waals surface area contributed by atoms with Crippen molar-refractivity contribution in [2.45, 2.75) is 52.2 Å². The number of aryl methyl sites for hydroxylation is 1. The molecular weight excluding hydrogens is 452 g/mol. The molecule has 0 unspecified atom stereocenters. The summed E-state index contributed by atoms with van der Waals surface area (Å²) in [7, 11) is 1.61. The summed E-state index contributed by atoms with van der Waals surface area (Å²) in [6.07, 6.45) is 1.32. The molecule has 2 amide bonds. The lowest BCUT2D eigenvalue weighted by atomic mass is 10.0. The van der Waals surface area contributed by atoms with Gasteiger partial charge in [0.25, 0.3) is 5.91 Å². The van der Waals surface area contributed by atoms with Crippen LogP contribution < -0.4 is 14.8 Å². The monoisotopic (exact) mass is 488 g/mol. The van der Waals surface area contributed by atoms with Gasteiger partial charge in [-0.3, -0.25) is 9.59 Å². The number of nitrogens with one attached hydrogen (secondary N) is 1. The summed E-state index contributed by atoms with van der Waals surface area (Å²) in [4.78, 5) is 28.6. The van der Waals surface area contributed by atoms with Crippen molar-refractivity contribution in [3.63, 3.8) is 0 Å². The van der Waals surface area contributed by atoms with Gasteiger partial charge in [-0.05, 0) is 61.2 Å². The second-order valence-electron chi connectivity index (χ2n) is 9.03. The molecule has 0 aliphatic rings. The molecule has 0 bridgehead atoms. The highest BCUT2D eigenvalue weighted by Crippen LogP contribution is 2.19. The number of nitrogens with zero attached hydrogens (tertiary/aromatic N) is 1. The molecule has 3 aromatic rings. The highest BCUT2D eigenvalue weighted by molar-refractivity contribution is 5.88. The van der Waals surface area contributed by atoms with E-state index < -0.39 is 6.04 Å². The van der Waals surface area contributed by atoms with Crippen LogP contribution >= 0.6 is 0 Å². The minimum absolute atomic E-state index is 0.0575. The second-order valence-corrected chi connectivity index (χ2v) is 9.03. The molecule has 0 fully saturated rings. The molecule has 0 saturated carbocycles. The lowest BCUT2D eigenvalue weighted by Crippen LogP contribution is -2.52. The summed E-state index contributed by atoms with van der Waals surface area (Å²) >= 11 is 0. The average Bonchev–Trinajstić information content (AvgIpc) is 2.89. The topological polar surface area (TPSA) is 67.9 Å². The largest absolute Gasteiger partial charge is 0.497 e. The number of amides is 2. The second kappa shape index (κ2) is 13.3. The Balaban J connectivity index is 1.90. The quantitative estimate of drug-likeness (QED) is 0.398. The smallest absolute Gasteiger partial charge is 0.261 e. The van der Waals surface area contributed by atoms with Crippen LogP contribution in [0.2, 0.25) is 0 Å². The highest BCUT2D eigenvalue weighted by atomic mass is 16.5. The van der Waals surface area contributed by atoms with Gasteiger partial charge in [0.15, 0.2) is 6.61 Å². The Morgan fingerprint density at radius 1 is 0.861 bits per heavy atom. The van der Waals surface area contributed by atoms with Crippen LogP contribution in [-0.2, 0) is 29.0 Å². The van der Waals surface area contributed by atoms with Gasteiger partial charge in [-0.2, -0.15) is 0 Å². The summed E-state index contributed by atoms with van der Waals surface area (Å²) in [5, 5.41) is 2.99. The zero-order valence-electron chi connectivity index (χ0n) is 21.6. The van der Waals surface area contributed by atoms with Crippen molar-refractivity contribution in [1.82, 2.24) is 10.2 Å². The Morgan fingerprint density at radius 3 is 2.19 bits per heavy atom. The van der Waals surface area contributed by atoms with Crippen LogP contribution in [-0.4, -0.2) is 42.5 Å². The predicted octanol–water partition coefficient (Wildman–Crippen LogP) is 4.80. The number of carbonyl (C=O) groups excluding carboxylic acids is 2. The van der Waals surface area contributed by atoms with E-state index in [0.717, 1.165) is 17.5 Å². The molecule has 0 spiro atoms. The van der Waals surface area contributed by atoms with E-state index in [9.17, 15) is 9.59 Å². The van der Waals surface area contributed by atoms with Crippen molar-refractivity contribution in [3.8, 4) is 11.5 Å². The Bertz CT molecular complexity index is 1110. The third-order valence-electron chi connectivity index (χ3n) is 5.88. The van der Waals surface area contributed by atoms with Gasteiger partial charge in [-0.1, -0.05) is 61.5 Å². The van der Waals surface area contributed by atoms with Gasteiger partial charge in [0.2, 0.25) is 5.91 Å². The molecule has 6 nitrogen and oxygen atoms in total. The van der Waals surface area contributed by atoms with Crippen molar-refractivity contribution in [2.24, 2.45) is 0 Å². The van der Waals surface area contributed by atoms with E-state index in [-0.39, 0.29) is 31.0 Å². The molecule has 3 aromatic carbocycles. The van der Waals surface area contributed by atoms with Crippen molar-refractivity contribution >= 4 is 11.8 Å². The van der Waals surface area contributed by atoms with Crippen molar-refractivity contribution < 1.29 is 19.1 Å². The third kappa shape index (κ3) is 7.87. The molecule has 1 atom stereocenters. The van der Waals surface area contributed by atoms with Crippen LogP contribution in [0.25, 0.3) is 0 Å². The number of hydrogen-bond acceptors (Lipinski definition) is 4. The molecule has 0 aliphatic carbocycles. The van der Waals surface area contributed by atoms with Crippen molar-refractivity contribution in [2.75, 3.05) is 13.7 Å². The van der Waals surface area contributed by atoms with E-state index in [1.165, 1.54) is 5.56 Å². The lowest BCUT2D eigenvalue weighted by molar-refractivity contribution is -0.143. The van der Waals surface area contributed by atoms with E-state index in [2.05, 4.69) is 12.2 Å². The zero-order chi connectivity index (χ0) is 25.9. The normalized spacial score (nSPS) is 11.6. The molecule has 190 valence electrons. The summed E-state index contributed by atoms with van der Waals surface area (Å²) in [6.45, 7) is 5.99. The fraction of sp³-hybridized carbons (Fsp3) is 0.333. The highest BCUT2D eigenvalue weighted by Gasteiger charge is 2.31. The van der Waals surface area contributed by atoms with Crippen LogP contribution in [0.1, 0.15) is 37.5 Å². The summed E-state index contributed by atoms with van der Waals surface area (Å²) < 4.78 is 11.2. The summed E-state index contributed by atoms with van der Waals surface area (Å²) in [5.41, 5.74) is 3.04. The molecule has 3 rings (SSSR count). The number of methoxy groups -OCH3 is 1. The Kier molecular flexibility index (Phi) is 9.92. The van der Waals surface area contributed by atoms with Gasteiger partial charge in [-0.25, -0.2) is 0 Å². The molecule has 0 radical (unpaired) electrons. The number of benzene rings is 3. The molecule has 0 aliphatic heterocycles. The Labute approximate surface area is 214 Å². The molecule has 0 heterocycles. The fourth-order valence-corrected chi connectivity index (χ4v) is 3.95. The van der Waals surface area contributed by atoms with Crippen molar-refractivity contribution in [1.29, 1.82) is 0 Å². The van der Waals surface area contributed by atoms with Crippen LogP contribution in [0.4, 0.5) is 0 Å². The number of ether oxygens (including phenoxy) is 2. The van der Waals surface area contributed by atoms with E-state index >= 15 is 0 Å². The molecular formula is C30H36N2O4. The van der Waals surface area contributed by atoms with Gasteiger partial charge in [0.1, 0.15) is 17.5 Å². The van der Waals surface area contributed by atoms with E-state index in [1.54, 1.807) is 12.0 Å². The summed E-state index contributed by atoms with van der Waals surface area (Å²) in [6, 6.07) is 24.2. The standard InChI is InChI=1S/C30H36N2O4/c1-5-23-14-16-26(17-15-23)36-21-29(33)32(20-25-12-9-13-27(18-25)35-4)28(30(34)31-22(2)3)19-24-10-7-6-8-11-24/h6-18,22,28H,5,19-21H2,1-4H3,(H,31,34)/t28-/m1/s1. The maximum atomic E-state index is 13.6. The van der Waals surface area contributed by atoms with Gasteiger partial charge >= 0.3 is 0 Å². The van der Waals surface area contributed by atoms with E-state index in [1.807, 2.05) is 92.7 Å². The van der Waals surface area contributed by atoms with Crippen LogP contribution in [0.3, 0.4) is 0 Å². The first-order valence-electron chi connectivity index (χ1n) is 12.4. The molecule has 0 aromatic heterocycles. The molecule has 36 heavy (non-hydrogen) atoms. The van der Waals surface area contributed by atoms with Crippen molar-refractivity contribution in [3.05, 3.63) is 95.6 Å². The first-order chi connectivity index (χ1) is 17.4. The average molecular weight is 489 g/mol. The molecule has 1 N–H and O–H groups in total. The van der Waals surface area contributed by atoms with E-state index in [0.29, 0.717) is 17.9 Å². The first-order valence-corrected chi connectivity index (χ1v) is 12.4. The van der Waals surface area contributed by atoms with Crippen LogP contribution in [0.5, 0.6) is 11.5 Å². The number of carbonyl (C=O) groups is 2. The zero-order valence-corrected chi connectivity index (χ0v) is 21.6. The third-order valence-corrected chi connectivity index (χ3v) is 5.88. The lowest BCUT2D eigenvalue weighted by Gasteiger charge is -2.32. The predicted molar refractivity (Wildman–Crippen MR) is 142 cm³/mol. The SMILES string of the molecule is CCc1ccc(OCC(=O)N(Cc2cccc(OC)c2)[C@H](Cc2ccccc2)C(=O)NC(C)C)cc1. The van der Waals surface area contributed by atoms with Gasteiger partial charge in [-0.15, -0.1) is 0 Å². The minimum Gasteiger partial charge on any atom is -0.497 e. The van der Waals surface area contributed by atoms with Gasteiger partial charge < -0.3 is 19.7 Å². The molecule has 0 saturated heterocycles. The fourth-order valence-electron chi connectivity index (χ4n) is 3.95. The van der Waals surface area contributed by atoms with Crippen LogP contribution in [0, 0.1) is 0 Å². The maximum Gasteiger partial charge on any atom is 0.261 e. The summed E-state index contributed by atoms with van der Waals surface area (Å²) in [5.74, 6) is 0.848. The minimum atomic E-state index is -0.709. The maximum absolute atomic E-state index is 13.6. The van der Waals surface area contributed by atoms with E-state index in [4.69, 9.17) is 9.47 Å². The van der Waals surface area contributed by atoms with Gasteiger partial charge in [0.05, 0.1) is 7.11 Å². The Hall–Kier alpha value is -3.80. The first kappa shape index (κ1) is 26.8. The number of hydrogen-bond donors (Lipinski definition) is 1. The van der Waals surface area contributed by atoms with Crippen LogP contribution in [0.15, 0.2) is 78.9 Å².